The van der Waals surface area contributed by atoms with Crippen LogP contribution in [0.1, 0.15) is 20.3 Å². The van der Waals surface area contributed by atoms with Gasteiger partial charge in [-0.15, -0.1) is 0 Å². The fourth-order valence-corrected chi connectivity index (χ4v) is 2.02. The average Bonchev–Trinajstić information content (AvgIpc) is 2.40. The number of nitrogens with one attached hydrogen (secondary N) is 1. The van der Waals surface area contributed by atoms with E-state index in [-0.39, 0.29) is 6.10 Å². The predicted molar refractivity (Wildman–Crippen MR) is 71.9 cm³/mol. The summed E-state index contributed by atoms with van der Waals surface area (Å²) in [7, 11) is 0. The molecule has 2 rings (SSSR count). The Morgan fingerprint density at radius 2 is 2.00 bits per heavy atom. The van der Waals surface area contributed by atoms with Crippen molar-refractivity contribution < 1.29 is 4.74 Å². The van der Waals surface area contributed by atoms with Crippen LogP contribution in [0.25, 0.3) is 0 Å². The topological polar surface area (TPSA) is 24.5 Å². The Labute approximate surface area is 104 Å². The van der Waals surface area contributed by atoms with E-state index in [1.807, 2.05) is 6.07 Å². The first-order chi connectivity index (χ1) is 8.31. The maximum atomic E-state index is 5.99. The minimum absolute atomic E-state index is 0.277. The minimum Gasteiger partial charge on any atom is -0.489 e. The SMILES string of the molecule is CCC(C)Oc1ccccc1N1CCNCC1. The lowest BCUT2D eigenvalue weighted by Crippen LogP contribution is -2.43. The molecule has 0 saturated carbocycles. The highest BCUT2D eigenvalue weighted by Gasteiger charge is 2.15. The Morgan fingerprint density at radius 3 is 2.71 bits per heavy atom. The molecule has 1 saturated heterocycles. The summed E-state index contributed by atoms with van der Waals surface area (Å²) in [5.74, 6) is 1.02. The number of hydrogen-bond donors (Lipinski definition) is 1. The zero-order valence-electron chi connectivity index (χ0n) is 10.8. The van der Waals surface area contributed by atoms with E-state index in [9.17, 15) is 0 Å². The molecule has 1 unspecified atom stereocenters. The van der Waals surface area contributed by atoms with E-state index in [4.69, 9.17) is 4.74 Å². The molecule has 1 aromatic carbocycles. The van der Waals surface area contributed by atoms with Gasteiger partial charge in [0.25, 0.3) is 0 Å². The molecule has 0 aromatic heterocycles. The van der Waals surface area contributed by atoms with E-state index >= 15 is 0 Å². The van der Waals surface area contributed by atoms with Crippen LogP contribution >= 0.6 is 0 Å². The molecular formula is C14H22N2O. The molecule has 94 valence electrons. The number of nitrogens with zero attached hydrogens (tertiary/aromatic N) is 1. The Kier molecular flexibility index (Phi) is 4.26. The molecular weight excluding hydrogens is 212 g/mol. The summed E-state index contributed by atoms with van der Waals surface area (Å²) >= 11 is 0. The molecule has 1 N–H and O–H groups in total. The lowest BCUT2D eigenvalue weighted by atomic mass is 10.2. The Balaban J connectivity index is 2.14. The van der Waals surface area contributed by atoms with Crippen LogP contribution in [0.15, 0.2) is 24.3 Å². The Hall–Kier alpha value is -1.22. The van der Waals surface area contributed by atoms with Crippen molar-refractivity contribution in [3.8, 4) is 5.75 Å². The van der Waals surface area contributed by atoms with Crippen molar-refractivity contribution >= 4 is 5.69 Å². The maximum absolute atomic E-state index is 5.99. The van der Waals surface area contributed by atoms with E-state index in [0.29, 0.717) is 0 Å². The second-order valence-corrected chi connectivity index (χ2v) is 4.54. The molecule has 3 nitrogen and oxygen atoms in total. The molecule has 1 atom stereocenters. The largest absolute Gasteiger partial charge is 0.489 e. The molecule has 3 heteroatoms. The first kappa shape index (κ1) is 12.2. The highest BCUT2D eigenvalue weighted by Crippen LogP contribution is 2.29. The highest BCUT2D eigenvalue weighted by molar-refractivity contribution is 5.58. The number of rotatable bonds is 4. The van der Waals surface area contributed by atoms with Crippen LogP contribution in [0.2, 0.25) is 0 Å². The smallest absolute Gasteiger partial charge is 0.142 e. The summed E-state index contributed by atoms with van der Waals surface area (Å²) in [5, 5.41) is 3.37. The van der Waals surface area contributed by atoms with Crippen molar-refractivity contribution in [2.24, 2.45) is 0 Å². The summed E-state index contributed by atoms with van der Waals surface area (Å²) in [6.07, 6.45) is 1.31. The van der Waals surface area contributed by atoms with Crippen molar-refractivity contribution in [2.75, 3.05) is 31.1 Å². The van der Waals surface area contributed by atoms with Gasteiger partial charge in [-0.3, -0.25) is 0 Å². The average molecular weight is 234 g/mol. The van der Waals surface area contributed by atoms with E-state index in [1.54, 1.807) is 0 Å². The van der Waals surface area contributed by atoms with Gasteiger partial charge < -0.3 is 15.0 Å². The maximum Gasteiger partial charge on any atom is 0.142 e. The molecule has 1 aliphatic rings. The standard InChI is InChI=1S/C14H22N2O/c1-3-12(2)17-14-7-5-4-6-13(14)16-10-8-15-9-11-16/h4-7,12,15H,3,8-11H2,1-2H3. The van der Waals surface area contributed by atoms with Crippen LogP contribution in [0.5, 0.6) is 5.75 Å². The third-order valence-corrected chi connectivity index (χ3v) is 3.23. The van der Waals surface area contributed by atoms with Crippen LogP contribution in [0, 0.1) is 0 Å². The third kappa shape index (κ3) is 3.13. The van der Waals surface area contributed by atoms with E-state index in [0.717, 1.165) is 38.3 Å². The summed E-state index contributed by atoms with van der Waals surface area (Å²) in [6, 6.07) is 8.36. The zero-order valence-corrected chi connectivity index (χ0v) is 10.8. The molecule has 0 spiro atoms. The van der Waals surface area contributed by atoms with Gasteiger partial charge >= 0.3 is 0 Å². The second kappa shape index (κ2) is 5.92. The van der Waals surface area contributed by atoms with Crippen molar-refractivity contribution in [3.63, 3.8) is 0 Å². The normalized spacial score (nSPS) is 17.9. The number of anilines is 1. The van der Waals surface area contributed by atoms with Gasteiger partial charge in [0, 0.05) is 26.2 Å². The van der Waals surface area contributed by atoms with Crippen molar-refractivity contribution in [1.82, 2.24) is 5.32 Å². The van der Waals surface area contributed by atoms with Crippen molar-refractivity contribution in [1.29, 1.82) is 0 Å². The van der Waals surface area contributed by atoms with Crippen LogP contribution in [0.4, 0.5) is 5.69 Å². The quantitative estimate of drug-likeness (QED) is 0.865. The zero-order chi connectivity index (χ0) is 12.1. The van der Waals surface area contributed by atoms with Gasteiger partial charge in [-0.1, -0.05) is 19.1 Å². The molecule has 0 amide bonds. The number of hydrogen-bond acceptors (Lipinski definition) is 3. The molecule has 1 aliphatic heterocycles. The van der Waals surface area contributed by atoms with E-state index in [1.165, 1.54) is 5.69 Å². The monoisotopic (exact) mass is 234 g/mol. The van der Waals surface area contributed by atoms with Gasteiger partial charge in [-0.2, -0.15) is 0 Å². The first-order valence-corrected chi connectivity index (χ1v) is 6.52. The van der Waals surface area contributed by atoms with Gasteiger partial charge in [0.15, 0.2) is 0 Å². The Morgan fingerprint density at radius 1 is 1.29 bits per heavy atom. The fraction of sp³-hybridized carbons (Fsp3) is 0.571. The predicted octanol–water partition coefficient (Wildman–Crippen LogP) is 2.27. The molecule has 0 radical (unpaired) electrons. The van der Waals surface area contributed by atoms with Gasteiger partial charge in [0.2, 0.25) is 0 Å². The number of benzene rings is 1. The number of piperazine rings is 1. The summed E-state index contributed by atoms with van der Waals surface area (Å²) < 4.78 is 5.99. The van der Waals surface area contributed by atoms with E-state index in [2.05, 4.69) is 42.3 Å². The van der Waals surface area contributed by atoms with Gasteiger partial charge in [-0.05, 0) is 25.5 Å². The van der Waals surface area contributed by atoms with Gasteiger partial charge in [-0.25, -0.2) is 0 Å². The molecule has 17 heavy (non-hydrogen) atoms. The number of ether oxygens (including phenoxy) is 1. The fourth-order valence-electron chi connectivity index (χ4n) is 2.02. The minimum atomic E-state index is 0.277. The van der Waals surface area contributed by atoms with Crippen molar-refractivity contribution in [3.05, 3.63) is 24.3 Å². The second-order valence-electron chi connectivity index (χ2n) is 4.54. The lowest BCUT2D eigenvalue weighted by molar-refractivity contribution is 0.218. The summed E-state index contributed by atoms with van der Waals surface area (Å²) in [5.41, 5.74) is 1.23. The summed E-state index contributed by atoms with van der Waals surface area (Å²) in [4.78, 5) is 2.40. The third-order valence-electron chi connectivity index (χ3n) is 3.23. The summed E-state index contributed by atoms with van der Waals surface area (Å²) in [6.45, 7) is 8.49. The number of para-hydroxylation sites is 2. The highest BCUT2D eigenvalue weighted by atomic mass is 16.5. The van der Waals surface area contributed by atoms with Crippen LogP contribution in [0.3, 0.4) is 0 Å². The molecule has 1 fully saturated rings. The van der Waals surface area contributed by atoms with Crippen LogP contribution in [-0.2, 0) is 0 Å². The lowest BCUT2D eigenvalue weighted by Gasteiger charge is -2.31. The molecule has 0 aliphatic carbocycles. The van der Waals surface area contributed by atoms with E-state index < -0.39 is 0 Å². The Bertz CT molecular complexity index is 348. The molecule has 1 aromatic rings. The van der Waals surface area contributed by atoms with Crippen LogP contribution in [-0.4, -0.2) is 32.3 Å². The van der Waals surface area contributed by atoms with Crippen LogP contribution < -0.4 is 15.0 Å². The van der Waals surface area contributed by atoms with Crippen molar-refractivity contribution in [2.45, 2.75) is 26.4 Å². The van der Waals surface area contributed by atoms with Gasteiger partial charge in [0.1, 0.15) is 5.75 Å². The molecule has 1 heterocycles. The first-order valence-electron chi connectivity index (χ1n) is 6.52. The molecule has 0 bridgehead atoms. The van der Waals surface area contributed by atoms with Gasteiger partial charge in [0.05, 0.1) is 11.8 Å².